The van der Waals surface area contributed by atoms with Crippen LogP contribution in [0.5, 0.6) is 0 Å². The van der Waals surface area contributed by atoms with Crippen molar-refractivity contribution in [3.8, 4) is 0 Å². The molecule has 74 valence electrons. The molecule has 6 heteroatoms. The van der Waals surface area contributed by atoms with Crippen molar-refractivity contribution in [1.82, 2.24) is 5.01 Å². The van der Waals surface area contributed by atoms with E-state index in [9.17, 15) is 4.79 Å². The third kappa shape index (κ3) is 1.65. The van der Waals surface area contributed by atoms with Gasteiger partial charge in [0.1, 0.15) is 4.34 Å². The van der Waals surface area contributed by atoms with Crippen molar-refractivity contribution in [3.05, 3.63) is 20.3 Å². The van der Waals surface area contributed by atoms with E-state index in [2.05, 4.69) is 5.10 Å². The van der Waals surface area contributed by atoms with Gasteiger partial charge < -0.3 is 0 Å². The van der Waals surface area contributed by atoms with Gasteiger partial charge in [0, 0.05) is 12.6 Å². The number of hydrazone groups is 1. The molecule has 0 bridgehead atoms. The highest BCUT2D eigenvalue weighted by molar-refractivity contribution is 7.20. The Hall–Kier alpha value is -0.580. The number of carbonyl (C=O) groups excluding carboxylic acids is 1. The molecular formula is C8H6Cl2N2OS. The van der Waals surface area contributed by atoms with Crippen molar-refractivity contribution in [1.29, 1.82) is 0 Å². The van der Waals surface area contributed by atoms with Crippen molar-refractivity contribution in [3.63, 3.8) is 0 Å². The van der Waals surface area contributed by atoms with Crippen LogP contribution in [0.1, 0.15) is 12.0 Å². The summed E-state index contributed by atoms with van der Waals surface area (Å²) in [5.74, 6) is -0.0293. The number of thiophene rings is 1. The third-order valence-corrected chi connectivity index (χ3v) is 3.41. The molecule has 1 aromatic heterocycles. The normalized spacial score (nSPS) is 16.4. The first kappa shape index (κ1) is 9.96. The van der Waals surface area contributed by atoms with Crippen LogP contribution in [0.2, 0.25) is 8.67 Å². The number of rotatable bonds is 1. The van der Waals surface area contributed by atoms with Crippen molar-refractivity contribution < 1.29 is 4.79 Å². The second-order valence-corrected chi connectivity index (χ2v) is 5.16. The van der Waals surface area contributed by atoms with E-state index in [0.29, 0.717) is 20.8 Å². The van der Waals surface area contributed by atoms with Crippen molar-refractivity contribution >= 4 is 46.2 Å². The minimum Gasteiger partial charge on any atom is -0.273 e. The number of halogens is 2. The molecule has 3 nitrogen and oxygen atoms in total. The van der Waals surface area contributed by atoms with E-state index < -0.39 is 0 Å². The van der Waals surface area contributed by atoms with Gasteiger partial charge >= 0.3 is 0 Å². The van der Waals surface area contributed by atoms with E-state index in [4.69, 9.17) is 23.2 Å². The standard InChI is InChI=1S/C8H6Cl2N2OS/c1-12-7(13)3-5(11-12)4-2-6(9)14-8(4)10/h2H,3H2,1H3. The predicted molar refractivity (Wildman–Crippen MR) is 58.3 cm³/mol. The first-order chi connectivity index (χ1) is 6.58. The summed E-state index contributed by atoms with van der Waals surface area (Å²) in [6.07, 6.45) is 0.295. The number of hydrogen-bond acceptors (Lipinski definition) is 3. The average molecular weight is 249 g/mol. The second kappa shape index (κ2) is 3.53. The van der Waals surface area contributed by atoms with Crippen LogP contribution in [0, 0.1) is 0 Å². The SMILES string of the molecule is CN1N=C(c2cc(Cl)sc2Cl)CC1=O. The highest BCUT2D eigenvalue weighted by atomic mass is 35.5. The Labute approximate surface area is 94.9 Å². The number of nitrogens with zero attached hydrogens (tertiary/aromatic N) is 2. The maximum Gasteiger partial charge on any atom is 0.248 e. The third-order valence-electron chi connectivity index (χ3n) is 1.92. The van der Waals surface area contributed by atoms with Gasteiger partial charge in [-0.1, -0.05) is 23.2 Å². The van der Waals surface area contributed by atoms with Crippen LogP contribution >= 0.6 is 34.5 Å². The molecule has 14 heavy (non-hydrogen) atoms. The Balaban J connectivity index is 2.37. The summed E-state index contributed by atoms with van der Waals surface area (Å²) in [5.41, 5.74) is 1.45. The topological polar surface area (TPSA) is 32.7 Å². The van der Waals surface area contributed by atoms with Gasteiger partial charge in [-0.25, -0.2) is 5.01 Å². The Kier molecular flexibility index (Phi) is 2.51. The van der Waals surface area contributed by atoms with E-state index in [1.165, 1.54) is 16.3 Å². The molecule has 1 aromatic rings. The van der Waals surface area contributed by atoms with Crippen LogP contribution in [0.25, 0.3) is 0 Å². The Morgan fingerprint density at radius 2 is 2.29 bits per heavy atom. The summed E-state index contributed by atoms with van der Waals surface area (Å²) in [7, 11) is 1.62. The smallest absolute Gasteiger partial charge is 0.248 e. The van der Waals surface area contributed by atoms with Gasteiger partial charge in [-0.05, 0) is 6.07 Å². The summed E-state index contributed by atoms with van der Waals surface area (Å²) >= 11 is 13.0. The zero-order valence-electron chi connectivity index (χ0n) is 7.25. The van der Waals surface area contributed by atoms with E-state index in [1.807, 2.05) is 0 Å². The molecule has 2 heterocycles. The summed E-state index contributed by atoms with van der Waals surface area (Å²) in [6.45, 7) is 0. The fourth-order valence-corrected chi connectivity index (χ4v) is 2.72. The first-order valence-corrected chi connectivity index (χ1v) is 5.44. The van der Waals surface area contributed by atoms with Gasteiger partial charge in [0.05, 0.1) is 16.5 Å². The first-order valence-electron chi connectivity index (χ1n) is 3.87. The van der Waals surface area contributed by atoms with Gasteiger partial charge in [0.25, 0.3) is 0 Å². The fraction of sp³-hybridized carbons (Fsp3) is 0.250. The van der Waals surface area contributed by atoms with Crippen LogP contribution in [0.4, 0.5) is 0 Å². The lowest BCUT2D eigenvalue weighted by atomic mass is 10.1. The lowest BCUT2D eigenvalue weighted by Gasteiger charge is -1.98. The van der Waals surface area contributed by atoms with Gasteiger partial charge in [-0.2, -0.15) is 5.10 Å². The molecule has 0 unspecified atom stereocenters. The van der Waals surface area contributed by atoms with Crippen LogP contribution < -0.4 is 0 Å². The molecule has 1 amide bonds. The van der Waals surface area contributed by atoms with Gasteiger partial charge in [-0.15, -0.1) is 11.3 Å². The number of amides is 1. The zero-order valence-corrected chi connectivity index (χ0v) is 9.58. The van der Waals surface area contributed by atoms with E-state index in [0.717, 1.165) is 5.56 Å². The fourth-order valence-electron chi connectivity index (χ4n) is 1.22. The van der Waals surface area contributed by atoms with Gasteiger partial charge in [0.2, 0.25) is 5.91 Å². The maximum absolute atomic E-state index is 11.2. The minimum atomic E-state index is -0.0293. The summed E-state index contributed by atoms with van der Waals surface area (Å²) < 4.78 is 1.19. The number of hydrogen-bond donors (Lipinski definition) is 0. The lowest BCUT2D eigenvalue weighted by Crippen LogP contribution is -2.14. The highest BCUT2D eigenvalue weighted by Crippen LogP contribution is 2.33. The molecule has 0 fully saturated rings. The molecule has 1 aliphatic rings. The highest BCUT2D eigenvalue weighted by Gasteiger charge is 2.24. The molecule has 0 N–H and O–H groups in total. The molecule has 0 aromatic carbocycles. The van der Waals surface area contributed by atoms with Crippen molar-refractivity contribution in [2.24, 2.45) is 5.10 Å². The average Bonchev–Trinajstić information content (AvgIpc) is 2.57. The van der Waals surface area contributed by atoms with Crippen molar-refractivity contribution in [2.45, 2.75) is 6.42 Å². The van der Waals surface area contributed by atoms with Gasteiger partial charge in [0.15, 0.2) is 0 Å². The second-order valence-electron chi connectivity index (χ2n) is 2.88. The molecule has 2 rings (SSSR count). The molecule has 1 aliphatic heterocycles. The summed E-state index contributed by atoms with van der Waals surface area (Å²) in [6, 6.07) is 1.74. The van der Waals surface area contributed by atoms with E-state index in [1.54, 1.807) is 13.1 Å². The molecule has 0 aliphatic carbocycles. The number of carbonyl (C=O) groups is 1. The summed E-state index contributed by atoms with van der Waals surface area (Å²) in [5, 5.41) is 5.39. The largest absolute Gasteiger partial charge is 0.273 e. The Bertz CT molecular complexity index is 427. The van der Waals surface area contributed by atoms with Crippen LogP contribution in [-0.2, 0) is 4.79 Å². The molecule has 0 spiro atoms. The van der Waals surface area contributed by atoms with Crippen LogP contribution in [0.15, 0.2) is 11.2 Å². The monoisotopic (exact) mass is 248 g/mol. The van der Waals surface area contributed by atoms with Crippen LogP contribution in [-0.4, -0.2) is 23.7 Å². The molecule has 0 radical (unpaired) electrons. The van der Waals surface area contributed by atoms with Crippen molar-refractivity contribution in [2.75, 3.05) is 7.05 Å². The van der Waals surface area contributed by atoms with Gasteiger partial charge in [-0.3, -0.25) is 4.79 Å². The molecular weight excluding hydrogens is 243 g/mol. The Morgan fingerprint density at radius 1 is 1.57 bits per heavy atom. The van der Waals surface area contributed by atoms with E-state index in [-0.39, 0.29) is 5.91 Å². The Morgan fingerprint density at radius 3 is 2.71 bits per heavy atom. The quantitative estimate of drug-likeness (QED) is 0.752. The molecule has 0 atom stereocenters. The predicted octanol–water partition coefficient (Wildman–Crippen LogP) is 2.62. The van der Waals surface area contributed by atoms with Crippen LogP contribution in [0.3, 0.4) is 0 Å². The lowest BCUT2D eigenvalue weighted by molar-refractivity contribution is -0.127. The summed E-state index contributed by atoms with van der Waals surface area (Å²) in [4.78, 5) is 11.2. The molecule has 0 saturated heterocycles. The maximum atomic E-state index is 11.2. The zero-order chi connectivity index (χ0) is 10.3. The molecule has 0 saturated carbocycles. The minimum absolute atomic E-state index is 0.0293. The van der Waals surface area contributed by atoms with E-state index >= 15 is 0 Å².